The zero-order valence-electron chi connectivity index (χ0n) is 13.1. The highest BCUT2D eigenvalue weighted by atomic mass is 32.1. The van der Waals surface area contributed by atoms with Crippen LogP contribution in [0.5, 0.6) is 0 Å². The van der Waals surface area contributed by atoms with E-state index in [4.69, 9.17) is 5.11 Å². The SMILES string of the molecule is CCCN(CCO)C(=O)c1cc2c(C(C)C)nn(C)c2s1. The Morgan fingerprint density at radius 1 is 1.48 bits per heavy atom. The summed E-state index contributed by atoms with van der Waals surface area (Å²) in [5.41, 5.74) is 1.03. The summed E-state index contributed by atoms with van der Waals surface area (Å²) in [7, 11) is 1.91. The zero-order valence-corrected chi connectivity index (χ0v) is 13.9. The van der Waals surface area contributed by atoms with Gasteiger partial charge in [0, 0.05) is 25.5 Å². The highest BCUT2D eigenvalue weighted by molar-refractivity contribution is 7.20. The van der Waals surface area contributed by atoms with Gasteiger partial charge in [-0.2, -0.15) is 5.10 Å². The summed E-state index contributed by atoms with van der Waals surface area (Å²) in [5, 5.41) is 14.7. The van der Waals surface area contributed by atoms with Gasteiger partial charge in [0.15, 0.2) is 0 Å². The van der Waals surface area contributed by atoms with Gasteiger partial charge in [-0.15, -0.1) is 11.3 Å². The number of aryl methyl sites for hydroxylation is 1. The van der Waals surface area contributed by atoms with Crippen LogP contribution in [-0.4, -0.2) is 45.4 Å². The number of hydrogen-bond donors (Lipinski definition) is 1. The van der Waals surface area contributed by atoms with Crippen molar-refractivity contribution in [2.24, 2.45) is 7.05 Å². The first kappa shape index (κ1) is 16.0. The first-order chi connectivity index (χ1) is 9.99. The lowest BCUT2D eigenvalue weighted by atomic mass is 10.1. The van der Waals surface area contributed by atoms with Crippen molar-refractivity contribution >= 4 is 27.5 Å². The summed E-state index contributed by atoms with van der Waals surface area (Å²) >= 11 is 1.48. The summed E-state index contributed by atoms with van der Waals surface area (Å²) in [5.74, 6) is 0.331. The van der Waals surface area contributed by atoms with E-state index in [1.807, 2.05) is 24.7 Å². The van der Waals surface area contributed by atoms with Gasteiger partial charge >= 0.3 is 0 Å². The fourth-order valence-electron chi connectivity index (χ4n) is 2.46. The predicted molar refractivity (Wildman–Crippen MR) is 86.0 cm³/mol. The maximum Gasteiger partial charge on any atom is 0.264 e. The molecule has 0 fully saturated rings. The fraction of sp³-hybridized carbons (Fsp3) is 0.600. The van der Waals surface area contributed by atoms with Crippen LogP contribution in [0.1, 0.15) is 48.5 Å². The third-order valence-corrected chi connectivity index (χ3v) is 4.64. The number of carbonyl (C=O) groups is 1. The molecular formula is C15H23N3O2S. The molecule has 0 aliphatic heterocycles. The molecule has 21 heavy (non-hydrogen) atoms. The molecule has 2 heterocycles. The highest BCUT2D eigenvalue weighted by Crippen LogP contribution is 2.32. The minimum absolute atomic E-state index is 0.00167. The van der Waals surface area contributed by atoms with Gasteiger partial charge in [0.25, 0.3) is 5.91 Å². The molecule has 6 heteroatoms. The van der Waals surface area contributed by atoms with Crippen molar-refractivity contribution in [2.75, 3.05) is 19.7 Å². The van der Waals surface area contributed by atoms with Crippen molar-refractivity contribution in [1.82, 2.24) is 14.7 Å². The minimum atomic E-state index is -0.00453. The van der Waals surface area contributed by atoms with Crippen molar-refractivity contribution in [3.05, 3.63) is 16.6 Å². The van der Waals surface area contributed by atoms with Crippen molar-refractivity contribution < 1.29 is 9.90 Å². The van der Waals surface area contributed by atoms with Crippen molar-refractivity contribution in [2.45, 2.75) is 33.1 Å². The van der Waals surface area contributed by atoms with Crippen LogP contribution in [0.25, 0.3) is 10.2 Å². The number of amides is 1. The van der Waals surface area contributed by atoms with E-state index in [2.05, 4.69) is 18.9 Å². The lowest BCUT2D eigenvalue weighted by Crippen LogP contribution is -2.33. The number of carbonyl (C=O) groups excluding carboxylic acids is 1. The first-order valence-electron chi connectivity index (χ1n) is 7.36. The second-order valence-electron chi connectivity index (χ2n) is 5.51. The van der Waals surface area contributed by atoms with Crippen molar-refractivity contribution in [3.8, 4) is 0 Å². The minimum Gasteiger partial charge on any atom is -0.395 e. The molecule has 0 saturated carbocycles. The normalized spacial score (nSPS) is 11.5. The molecule has 0 spiro atoms. The molecule has 0 bridgehead atoms. The summed E-state index contributed by atoms with van der Waals surface area (Å²) in [6.45, 7) is 7.30. The van der Waals surface area contributed by atoms with Crippen LogP contribution < -0.4 is 0 Å². The highest BCUT2D eigenvalue weighted by Gasteiger charge is 2.21. The summed E-state index contributed by atoms with van der Waals surface area (Å²) in [4.78, 5) is 16.0. The maximum atomic E-state index is 12.6. The average Bonchev–Trinajstić information content (AvgIpc) is 2.99. The molecule has 1 N–H and O–H groups in total. The fourth-order valence-corrected chi connectivity index (χ4v) is 3.51. The van der Waals surface area contributed by atoms with Crippen LogP contribution in [0.4, 0.5) is 0 Å². The number of aromatic nitrogens is 2. The molecule has 2 aromatic rings. The van der Waals surface area contributed by atoms with Gasteiger partial charge in [-0.25, -0.2) is 0 Å². The van der Waals surface area contributed by atoms with E-state index in [-0.39, 0.29) is 12.5 Å². The first-order valence-corrected chi connectivity index (χ1v) is 8.17. The van der Waals surface area contributed by atoms with E-state index in [1.165, 1.54) is 11.3 Å². The summed E-state index contributed by atoms with van der Waals surface area (Å²) in [6.07, 6.45) is 0.884. The van der Waals surface area contributed by atoms with Gasteiger partial charge in [0.1, 0.15) is 4.83 Å². The maximum absolute atomic E-state index is 12.6. The monoisotopic (exact) mass is 309 g/mol. The van der Waals surface area contributed by atoms with Gasteiger partial charge in [0.2, 0.25) is 0 Å². The summed E-state index contributed by atoms with van der Waals surface area (Å²) in [6, 6.07) is 1.95. The van der Waals surface area contributed by atoms with E-state index < -0.39 is 0 Å². The van der Waals surface area contributed by atoms with Gasteiger partial charge in [-0.05, 0) is 18.4 Å². The molecule has 0 aromatic carbocycles. The van der Waals surface area contributed by atoms with Crippen LogP contribution in [-0.2, 0) is 7.05 Å². The Morgan fingerprint density at radius 3 is 2.76 bits per heavy atom. The van der Waals surface area contributed by atoms with E-state index in [1.54, 1.807) is 4.90 Å². The van der Waals surface area contributed by atoms with E-state index in [0.717, 1.165) is 27.2 Å². The van der Waals surface area contributed by atoms with Gasteiger partial charge in [0.05, 0.1) is 17.2 Å². The van der Waals surface area contributed by atoms with Crippen LogP contribution in [0.15, 0.2) is 6.07 Å². The van der Waals surface area contributed by atoms with Crippen molar-refractivity contribution in [3.63, 3.8) is 0 Å². The molecular weight excluding hydrogens is 286 g/mol. The number of hydrogen-bond acceptors (Lipinski definition) is 4. The number of fused-ring (bicyclic) bond motifs is 1. The Morgan fingerprint density at radius 2 is 2.19 bits per heavy atom. The standard InChI is InChI=1S/C15H23N3O2S/c1-5-6-18(7-8-19)14(20)12-9-11-13(10(2)3)16-17(4)15(11)21-12/h9-10,19H,5-8H2,1-4H3. The smallest absolute Gasteiger partial charge is 0.264 e. The van der Waals surface area contributed by atoms with Gasteiger partial charge in [-0.3, -0.25) is 9.48 Å². The second-order valence-corrected chi connectivity index (χ2v) is 6.54. The third-order valence-electron chi connectivity index (χ3n) is 3.45. The third kappa shape index (κ3) is 3.11. The van der Waals surface area contributed by atoms with Gasteiger partial charge in [-0.1, -0.05) is 20.8 Å². The topological polar surface area (TPSA) is 58.4 Å². The predicted octanol–water partition coefficient (Wildman–Crippen LogP) is 2.60. The molecule has 2 aromatic heterocycles. The number of thiophene rings is 1. The zero-order chi connectivity index (χ0) is 15.6. The van der Waals surface area contributed by atoms with E-state index >= 15 is 0 Å². The molecule has 2 rings (SSSR count). The van der Waals surface area contributed by atoms with Crippen LogP contribution in [0, 0.1) is 0 Å². The Hall–Kier alpha value is -1.40. The Kier molecular flexibility index (Phi) is 5.00. The largest absolute Gasteiger partial charge is 0.395 e. The Balaban J connectivity index is 2.38. The Bertz CT molecular complexity index is 624. The number of aliphatic hydroxyl groups excluding tert-OH is 1. The molecule has 116 valence electrons. The molecule has 0 radical (unpaired) electrons. The second kappa shape index (κ2) is 6.58. The van der Waals surface area contributed by atoms with E-state index in [9.17, 15) is 4.79 Å². The molecule has 0 unspecified atom stereocenters. The molecule has 0 atom stereocenters. The molecule has 0 aliphatic carbocycles. The number of rotatable bonds is 6. The van der Waals surface area contributed by atoms with Crippen molar-refractivity contribution in [1.29, 1.82) is 0 Å². The van der Waals surface area contributed by atoms with E-state index in [0.29, 0.717) is 19.0 Å². The molecule has 0 aliphatic rings. The Labute approximate surface area is 129 Å². The molecule has 1 amide bonds. The molecule has 5 nitrogen and oxygen atoms in total. The van der Waals surface area contributed by atoms with Crippen LogP contribution >= 0.6 is 11.3 Å². The summed E-state index contributed by atoms with van der Waals surface area (Å²) < 4.78 is 1.85. The number of nitrogens with zero attached hydrogens (tertiary/aromatic N) is 3. The van der Waals surface area contributed by atoms with Crippen LogP contribution in [0.3, 0.4) is 0 Å². The van der Waals surface area contributed by atoms with Gasteiger partial charge < -0.3 is 10.0 Å². The average molecular weight is 309 g/mol. The van der Waals surface area contributed by atoms with Crippen LogP contribution in [0.2, 0.25) is 0 Å². The lowest BCUT2D eigenvalue weighted by molar-refractivity contribution is 0.0727. The molecule has 0 saturated heterocycles. The number of aliphatic hydroxyl groups is 1. The lowest BCUT2D eigenvalue weighted by Gasteiger charge is -2.20. The quantitative estimate of drug-likeness (QED) is 0.892.